The van der Waals surface area contributed by atoms with Crippen LogP contribution in [0.25, 0.3) is 11.3 Å². The summed E-state index contributed by atoms with van der Waals surface area (Å²) in [5.74, 6) is 0.389. The Kier molecular flexibility index (Phi) is 9.23. The average molecular weight is 570 g/mol. The fourth-order valence-corrected chi connectivity index (χ4v) is 4.45. The van der Waals surface area contributed by atoms with Crippen LogP contribution in [0.4, 0.5) is 22.1 Å². The van der Waals surface area contributed by atoms with E-state index in [2.05, 4.69) is 25.5 Å². The van der Waals surface area contributed by atoms with Crippen LogP contribution in [0.1, 0.15) is 31.9 Å². The summed E-state index contributed by atoms with van der Waals surface area (Å²) in [6, 6.07) is 15.0. The summed E-state index contributed by atoms with van der Waals surface area (Å²) >= 11 is 0. The Hall–Kier alpha value is -3.74. The summed E-state index contributed by atoms with van der Waals surface area (Å²) in [7, 11) is -3.55. The molecule has 12 heteroatoms. The molecule has 1 fully saturated rings. The van der Waals surface area contributed by atoms with Crippen LogP contribution in [0, 0.1) is 0 Å². The Labute approximate surface area is 235 Å². The number of amides is 1. The third-order valence-electron chi connectivity index (χ3n) is 5.83. The zero-order valence-corrected chi connectivity index (χ0v) is 24.0. The maximum Gasteiger partial charge on any atom is 0.407 e. The molecule has 0 unspecified atom stereocenters. The van der Waals surface area contributed by atoms with Crippen molar-refractivity contribution in [2.45, 2.75) is 39.5 Å². The van der Waals surface area contributed by atoms with E-state index < -0.39 is 21.8 Å². The van der Waals surface area contributed by atoms with Gasteiger partial charge in [0.15, 0.2) is 0 Å². The van der Waals surface area contributed by atoms with Crippen LogP contribution in [0.15, 0.2) is 54.7 Å². The molecule has 0 atom stereocenters. The zero-order valence-electron chi connectivity index (χ0n) is 23.1. The van der Waals surface area contributed by atoms with Crippen molar-refractivity contribution in [2.24, 2.45) is 0 Å². The number of ether oxygens (including phenoxy) is 2. The summed E-state index contributed by atoms with van der Waals surface area (Å²) in [6.07, 6.45) is 2.18. The van der Waals surface area contributed by atoms with Gasteiger partial charge in [0.2, 0.25) is 5.95 Å². The van der Waals surface area contributed by atoms with Crippen molar-refractivity contribution in [1.82, 2.24) is 15.3 Å². The fraction of sp³-hybridized carbons (Fsp3) is 0.393. The Balaban J connectivity index is 1.53. The second-order valence-electron chi connectivity index (χ2n) is 10.4. The van der Waals surface area contributed by atoms with E-state index in [1.54, 1.807) is 18.3 Å². The van der Waals surface area contributed by atoms with Crippen molar-refractivity contribution < 1.29 is 26.9 Å². The number of hydrogen-bond donors (Lipinski definition) is 2. The highest BCUT2D eigenvalue weighted by Crippen LogP contribution is 2.27. The maximum absolute atomic E-state index is 12.3. The Morgan fingerprint density at radius 2 is 1.88 bits per heavy atom. The molecule has 1 amide bonds. The Bertz CT molecular complexity index is 1440. The number of carbonyl (C=O) groups excluding carboxylic acids is 1. The lowest BCUT2D eigenvalue weighted by molar-refractivity contribution is 0.0523. The summed E-state index contributed by atoms with van der Waals surface area (Å²) < 4.78 is 38.5. The number of alkyl carbamates (subject to hydrolysis) is 1. The molecule has 2 heterocycles. The van der Waals surface area contributed by atoms with Crippen LogP contribution in [0.2, 0.25) is 0 Å². The Morgan fingerprint density at radius 1 is 1.10 bits per heavy atom. The minimum atomic E-state index is -3.55. The molecule has 4 rings (SSSR count). The SMILES string of the molecule is CC(C)(C)OC(=O)NCc1cc(Nc2nccc(-c3cccc(COS(C)(=O)=O)c3)n2)ccc1N1CCOCC1. The van der Waals surface area contributed by atoms with Crippen molar-refractivity contribution in [3.8, 4) is 11.3 Å². The van der Waals surface area contributed by atoms with E-state index >= 15 is 0 Å². The minimum absolute atomic E-state index is 0.0571. The number of nitrogens with zero attached hydrogens (tertiary/aromatic N) is 3. The van der Waals surface area contributed by atoms with Gasteiger partial charge >= 0.3 is 6.09 Å². The van der Waals surface area contributed by atoms with Crippen LogP contribution >= 0.6 is 0 Å². The van der Waals surface area contributed by atoms with Crippen molar-refractivity contribution in [1.29, 1.82) is 0 Å². The molecule has 11 nitrogen and oxygen atoms in total. The first-order chi connectivity index (χ1) is 18.9. The first-order valence-corrected chi connectivity index (χ1v) is 14.7. The fourth-order valence-electron chi connectivity index (χ4n) is 4.10. The number of morpholine rings is 1. The Morgan fingerprint density at radius 3 is 2.60 bits per heavy atom. The number of carbonyl (C=O) groups is 1. The smallest absolute Gasteiger partial charge is 0.407 e. The van der Waals surface area contributed by atoms with Crippen molar-refractivity contribution in [3.05, 3.63) is 65.9 Å². The number of nitrogens with one attached hydrogen (secondary N) is 2. The normalized spacial score (nSPS) is 14.1. The number of anilines is 3. The molecule has 40 heavy (non-hydrogen) atoms. The van der Waals surface area contributed by atoms with Crippen LogP contribution in [0.5, 0.6) is 0 Å². The molecule has 0 bridgehead atoms. The number of benzene rings is 2. The molecule has 1 saturated heterocycles. The predicted octanol–water partition coefficient (Wildman–Crippen LogP) is 4.22. The molecule has 2 N–H and O–H groups in total. The number of rotatable bonds is 9. The van der Waals surface area contributed by atoms with E-state index in [0.29, 0.717) is 30.4 Å². The van der Waals surface area contributed by atoms with Gasteiger partial charge < -0.3 is 25.0 Å². The van der Waals surface area contributed by atoms with Crippen LogP contribution in [0.3, 0.4) is 0 Å². The van der Waals surface area contributed by atoms with Gasteiger partial charge in [-0.2, -0.15) is 8.42 Å². The first-order valence-electron chi connectivity index (χ1n) is 12.9. The molecule has 214 valence electrons. The first kappa shape index (κ1) is 29.2. The molecule has 0 radical (unpaired) electrons. The molecule has 0 aliphatic carbocycles. The number of hydrogen-bond acceptors (Lipinski definition) is 10. The van der Waals surface area contributed by atoms with Crippen molar-refractivity contribution in [2.75, 3.05) is 42.8 Å². The number of aromatic nitrogens is 2. The molecule has 2 aromatic carbocycles. The van der Waals surface area contributed by atoms with Gasteiger partial charge in [-0.3, -0.25) is 4.18 Å². The van der Waals surface area contributed by atoms with Gasteiger partial charge in [-0.25, -0.2) is 14.8 Å². The maximum atomic E-state index is 12.3. The second-order valence-corrected chi connectivity index (χ2v) is 12.0. The van der Waals surface area contributed by atoms with Gasteiger partial charge in [0.25, 0.3) is 10.1 Å². The summed E-state index contributed by atoms with van der Waals surface area (Å²) in [6.45, 7) is 8.48. The van der Waals surface area contributed by atoms with Gasteiger partial charge in [0.05, 0.1) is 31.8 Å². The van der Waals surface area contributed by atoms with Gasteiger partial charge in [-0.15, -0.1) is 0 Å². The molecule has 1 aliphatic rings. The van der Waals surface area contributed by atoms with E-state index in [9.17, 15) is 13.2 Å². The van der Waals surface area contributed by atoms with Crippen LogP contribution in [-0.4, -0.2) is 62.6 Å². The van der Waals surface area contributed by atoms with Crippen molar-refractivity contribution >= 4 is 33.5 Å². The standard InChI is InChI=1S/C28H35N5O6S/c1-28(2,3)39-27(34)30-18-22-17-23(8-9-25(22)33-12-14-37-15-13-33)31-26-29-11-10-24(32-26)21-7-5-6-20(16-21)19-38-40(4,35)36/h5-11,16-17H,12-15,18-19H2,1-4H3,(H,30,34)(H,29,31,32). The highest BCUT2D eigenvalue weighted by molar-refractivity contribution is 7.85. The zero-order chi connectivity index (χ0) is 28.8. The summed E-state index contributed by atoms with van der Waals surface area (Å²) in [5.41, 5.74) is 4.24. The third-order valence-corrected chi connectivity index (χ3v) is 6.37. The molecule has 1 aromatic heterocycles. The lowest BCUT2D eigenvalue weighted by Gasteiger charge is -2.31. The van der Waals surface area contributed by atoms with Gasteiger partial charge in [0.1, 0.15) is 5.60 Å². The molecule has 3 aromatic rings. The van der Waals surface area contributed by atoms with E-state index in [1.165, 1.54) is 0 Å². The molecular formula is C28H35N5O6S. The lowest BCUT2D eigenvalue weighted by Crippen LogP contribution is -2.37. The largest absolute Gasteiger partial charge is 0.444 e. The quantitative estimate of drug-likeness (QED) is 0.361. The monoisotopic (exact) mass is 569 g/mol. The van der Waals surface area contributed by atoms with E-state index in [0.717, 1.165) is 41.8 Å². The summed E-state index contributed by atoms with van der Waals surface area (Å²) in [4.78, 5) is 23.6. The van der Waals surface area contributed by atoms with E-state index in [-0.39, 0.29) is 13.2 Å². The predicted molar refractivity (Wildman–Crippen MR) is 153 cm³/mol. The third kappa shape index (κ3) is 8.90. The van der Waals surface area contributed by atoms with Gasteiger partial charge in [-0.05, 0) is 62.2 Å². The van der Waals surface area contributed by atoms with E-state index in [4.69, 9.17) is 13.7 Å². The highest BCUT2D eigenvalue weighted by atomic mass is 32.2. The van der Waals surface area contributed by atoms with Crippen LogP contribution < -0.4 is 15.5 Å². The minimum Gasteiger partial charge on any atom is -0.444 e. The summed E-state index contributed by atoms with van der Waals surface area (Å²) in [5, 5.41) is 6.11. The molecular weight excluding hydrogens is 534 g/mol. The van der Waals surface area contributed by atoms with E-state index in [1.807, 2.05) is 57.2 Å². The average Bonchev–Trinajstić information content (AvgIpc) is 2.90. The van der Waals surface area contributed by atoms with Gasteiger partial charge in [-0.1, -0.05) is 18.2 Å². The van der Waals surface area contributed by atoms with Crippen molar-refractivity contribution in [3.63, 3.8) is 0 Å². The molecule has 0 saturated carbocycles. The molecule has 0 spiro atoms. The highest BCUT2D eigenvalue weighted by Gasteiger charge is 2.19. The van der Waals surface area contributed by atoms with Gasteiger partial charge in [0, 0.05) is 42.8 Å². The lowest BCUT2D eigenvalue weighted by atomic mass is 10.1. The topological polar surface area (TPSA) is 132 Å². The van der Waals surface area contributed by atoms with Crippen LogP contribution in [-0.2, 0) is 36.9 Å². The molecule has 1 aliphatic heterocycles. The second kappa shape index (κ2) is 12.6.